The first-order chi connectivity index (χ1) is 12.6. The van der Waals surface area contributed by atoms with Crippen LogP contribution in [0.1, 0.15) is 20.7 Å². The van der Waals surface area contributed by atoms with Gasteiger partial charge in [-0.05, 0) is 53.6 Å². The Morgan fingerprint density at radius 2 is 1.58 bits per heavy atom. The van der Waals surface area contributed by atoms with Gasteiger partial charge in [0.05, 0.1) is 4.92 Å². The normalized spacial score (nSPS) is 10.2. The number of nitro benzene ring substituents is 1. The Kier molecular flexibility index (Phi) is 4.85. The molecule has 26 heavy (non-hydrogen) atoms. The topological polar surface area (TPSA) is 89.3 Å². The van der Waals surface area contributed by atoms with Crippen LogP contribution in [0.25, 0.3) is 11.1 Å². The Morgan fingerprint density at radius 3 is 2.19 bits per heavy atom. The summed E-state index contributed by atoms with van der Waals surface area (Å²) in [7, 11) is 0. The molecule has 1 amide bonds. The first-order valence-electron chi connectivity index (χ1n) is 7.79. The van der Waals surface area contributed by atoms with E-state index in [4.69, 9.17) is 0 Å². The van der Waals surface area contributed by atoms with E-state index in [2.05, 4.69) is 5.32 Å². The lowest BCUT2D eigenvalue weighted by atomic mass is 9.99. The van der Waals surface area contributed by atoms with Crippen LogP contribution in [0.4, 0.5) is 11.4 Å². The molecule has 128 valence electrons. The average Bonchev–Trinajstić information content (AvgIpc) is 2.68. The van der Waals surface area contributed by atoms with E-state index in [0.29, 0.717) is 27.9 Å². The number of amides is 1. The molecule has 0 aliphatic carbocycles. The number of anilines is 1. The zero-order valence-electron chi connectivity index (χ0n) is 13.6. The van der Waals surface area contributed by atoms with Crippen LogP contribution in [0, 0.1) is 10.1 Å². The van der Waals surface area contributed by atoms with E-state index < -0.39 is 4.92 Å². The summed E-state index contributed by atoms with van der Waals surface area (Å²) < 4.78 is 0. The maximum Gasteiger partial charge on any atom is 0.269 e. The van der Waals surface area contributed by atoms with Gasteiger partial charge in [-0.15, -0.1) is 0 Å². The zero-order valence-corrected chi connectivity index (χ0v) is 13.6. The van der Waals surface area contributed by atoms with Crippen LogP contribution >= 0.6 is 0 Å². The van der Waals surface area contributed by atoms with E-state index in [1.807, 2.05) is 0 Å². The van der Waals surface area contributed by atoms with E-state index in [-0.39, 0.29) is 11.6 Å². The van der Waals surface area contributed by atoms with E-state index in [1.165, 1.54) is 12.1 Å². The van der Waals surface area contributed by atoms with E-state index in [9.17, 15) is 19.7 Å². The van der Waals surface area contributed by atoms with Crippen molar-refractivity contribution in [2.24, 2.45) is 0 Å². The van der Waals surface area contributed by atoms with Gasteiger partial charge in [-0.3, -0.25) is 19.7 Å². The van der Waals surface area contributed by atoms with Crippen LogP contribution in [-0.4, -0.2) is 17.1 Å². The van der Waals surface area contributed by atoms with Gasteiger partial charge >= 0.3 is 0 Å². The second-order valence-corrected chi connectivity index (χ2v) is 5.54. The molecule has 6 nitrogen and oxygen atoms in total. The number of hydrogen-bond acceptors (Lipinski definition) is 4. The van der Waals surface area contributed by atoms with E-state index in [0.717, 1.165) is 6.29 Å². The van der Waals surface area contributed by atoms with Gasteiger partial charge in [-0.25, -0.2) is 0 Å². The quantitative estimate of drug-likeness (QED) is 0.423. The Labute approximate surface area is 149 Å². The molecule has 0 aliphatic heterocycles. The van der Waals surface area contributed by atoms with Crippen molar-refractivity contribution < 1.29 is 14.5 Å². The lowest BCUT2D eigenvalue weighted by Crippen LogP contribution is -2.13. The molecule has 3 rings (SSSR count). The van der Waals surface area contributed by atoms with Crippen LogP contribution in [0.3, 0.4) is 0 Å². The molecule has 0 atom stereocenters. The maximum absolute atomic E-state index is 12.6. The van der Waals surface area contributed by atoms with Crippen molar-refractivity contribution in [3.63, 3.8) is 0 Å². The highest BCUT2D eigenvalue weighted by Gasteiger charge is 2.14. The molecule has 0 radical (unpaired) electrons. The van der Waals surface area contributed by atoms with E-state index >= 15 is 0 Å². The number of nitrogens with zero attached hydrogens (tertiary/aromatic N) is 1. The Bertz CT molecular complexity index is 964. The lowest BCUT2D eigenvalue weighted by Gasteiger charge is -2.10. The van der Waals surface area contributed by atoms with Crippen LogP contribution in [-0.2, 0) is 0 Å². The fraction of sp³-hybridized carbons (Fsp3) is 0. The van der Waals surface area contributed by atoms with Crippen LogP contribution in [0.2, 0.25) is 0 Å². The van der Waals surface area contributed by atoms with Gasteiger partial charge in [0.1, 0.15) is 6.29 Å². The first-order valence-corrected chi connectivity index (χ1v) is 7.79. The van der Waals surface area contributed by atoms with Crippen molar-refractivity contribution in [1.82, 2.24) is 0 Å². The van der Waals surface area contributed by atoms with Gasteiger partial charge < -0.3 is 5.32 Å². The van der Waals surface area contributed by atoms with Gasteiger partial charge in [-0.2, -0.15) is 0 Å². The summed E-state index contributed by atoms with van der Waals surface area (Å²) >= 11 is 0. The van der Waals surface area contributed by atoms with Crippen molar-refractivity contribution in [2.45, 2.75) is 0 Å². The molecule has 0 saturated carbocycles. The van der Waals surface area contributed by atoms with Crippen LogP contribution in [0.15, 0.2) is 72.8 Å². The summed E-state index contributed by atoms with van der Waals surface area (Å²) in [4.78, 5) is 33.7. The van der Waals surface area contributed by atoms with Gasteiger partial charge in [0.25, 0.3) is 11.6 Å². The maximum atomic E-state index is 12.6. The largest absolute Gasteiger partial charge is 0.322 e. The summed E-state index contributed by atoms with van der Waals surface area (Å²) in [6.07, 6.45) is 0.732. The molecule has 1 N–H and O–H groups in total. The van der Waals surface area contributed by atoms with Crippen molar-refractivity contribution in [3.05, 3.63) is 94.0 Å². The van der Waals surface area contributed by atoms with Crippen LogP contribution in [0.5, 0.6) is 0 Å². The highest BCUT2D eigenvalue weighted by atomic mass is 16.6. The van der Waals surface area contributed by atoms with Crippen LogP contribution < -0.4 is 5.32 Å². The third-order valence-corrected chi connectivity index (χ3v) is 3.87. The predicted molar refractivity (Wildman–Crippen MR) is 98.3 cm³/mol. The number of benzene rings is 3. The predicted octanol–water partition coefficient (Wildman–Crippen LogP) is 4.33. The molecule has 0 heterocycles. The molecule has 0 aromatic heterocycles. The summed E-state index contributed by atoms with van der Waals surface area (Å²) in [5, 5.41) is 13.6. The van der Waals surface area contributed by atoms with Gasteiger partial charge in [0, 0.05) is 28.9 Å². The minimum atomic E-state index is -0.467. The fourth-order valence-corrected chi connectivity index (χ4v) is 2.54. The molecule has 0 fully saturated rings. The van der Waals surface area contributed by atoms with Crippen molar-refractivity contribution >= 4 is 23.6 Å². The second kappa shape index (κ2) is 7.40. The SMILES string of the molecule is O=Cc1ccc(NC(=O)c2ccccc2-c2ccc([N+](=O)[O-])cc2)cc1. The number of carbonyl (C=O) groups is 2. The molecule has 0 spiro atoms. The van der Waals surface area contributed by atoms with E-state index in [1.54, 1.807) is 60.7 Å². The molecular formula is C20H14N2O4. The monoisotopic (exact) mass is 346 g/mol. The third kappa shape index (κ3) is 3.64. The van der Waals surface area contributed by atoms with Gasteiger partial charge in [0.2, 0.25) is 0 Å². The summed E-state index contributed by atoms with van der Waals surface area (Å²) in [6.45, 7) is 0. The summed E-state index contributed by atoms with van der Waals surface area (Å²) in [5.74, 6) is -0.308. The Balaban J connectivity index is 1.89. The molecule has 0 unspecified atom stereocenters. The molecule has 6 heteroatoms. The molecule has 0 saturated heterocycles. The number of hydrogen-bond donors (Lipinski definition) is 1. The number of nitro groups is 1. The van der Waals surface area contributed by atoms with Gasteiger partial charge in [-0.1, -0.05) is 18.2 Å². The summed E-state index contributed by atoms with van der Waals surface area (Å²) in [6, 6.07) is 19.6. The van der Waals surface area contributed by atoms with Crippen molar-refractivity contribution in [2.75, 3.05) is 5.32 Å². The number of carbonyl (C=O) groups excluding carboxylic acids is 2. The minimum absolute atomic E-state index is 0.00838. The van der Waals surface area contributed by atoms with Crippen molar-refractivity contribution in [1.29, 1.82) is 0 Å². The van der Waals surface area contributed by atoms with Gasteiger partial charge in [0.15, 0.2) is 0 Å². The highest BCUT2D eigenvalue weighted by molar-refractivity contribution is 6.08. The molecular weight excluding hydrogens is 332 g/mol. The Hall–Kier alpha value is -3.80. The second-order valence-electron chi connectivity index (χ2n) is 5.54. The summed E-state index contributed by atoms with van der Waals surface area (Å²) in [5.41, 5.74) is 2.90. The third-order valence-electron chi connectivity index (χ3n) is 3.87. The van der Waals surface area contributed by atoms with Crippen molar-refractivity contribution in [3.8, 4) is 11.1 Å². The minimum Gasteiger partial charge on any atom is -0.322 e. The smallest absolute Gasteiger partial charge is 0.269 e. The Morgan fingerprint density at radius 1 is 0.923 bits per heavy atom. The number of aldehydes is 1. The highest BCUT2D eigenvalue weighted by Crippen LogP contribution is 2.26. The molecule has 3 aromatic rings. The standard InChI is InChI=1S/C20H14N2O4/c23-13-14-5-9-16(10-6-14)21-20(24)19-4-2-1-3-18(19)15-7-11-17(12-8-15)22(25)26/h1-13H,(H,21,24). The molecule has 3 aromatic carbocycles. The molecule has 0 aliphatic rings. The zero-order chi connectivity index (χ0) is 18.5. The number of rotatable bonds is 5. The average molecular weight is 346 g/mol. The molecule has 0 bridgehead atoms. The lowest BCUT2D eigenvalue weighted by molar-refractivity contribution is -0.384. The number of nitrogens with one attached hydrogen (secondary N) is 1. The number of non-ortho nitro benzene ring substituents is 1. The fourth-order valence-electron chi connectivity index (χ4n) is 2.54. The first kappa shape index (κ1) is 17.0.